The minimum absolute atomic E-state index is 0.105. The first kappa shape index (κ1) is 14.4. The van der Waals surface area contributed by atoms with Gasteiger partial charge in [0.25, 0.3) is 0 Å². The highest BCUT2D eigenvalue weighted by Gasteiger charge is 2.18. The van der Waals surface area contributed by atoms with Crippen LogP contribution in [-0.2, 0) is 16.9 Å². The van der Waals surface area contributed by atoms with Crippen molar-refractivity contribution < 1.29 is 13.9 Å². The van der Waals surface area contributed by atoms with Gasteiger partial charge in [0.1, 0.15) is 18.0 Å². The van der Waals surface area contributed by atoms with Crippen LogP contribution in [0.1, 0.15) is 36.9 Å². The van der Waals surface area contributed by atoms with E-state index in [1.807, 2.05) is 51.1 Å². The van der Waals surface area contributed by atoms with Crippen LogP contribution >= 0.6 is 0 Å². The SMILES string of the molecule is CC(C)(C)n1cc(C(=O)OCc2cc3ccccc3o2)cn1. The van der Waals surface area contributed by atoms with Crippen molar-refractivity contribution in [1.29, 1.82) is 0 Å². The minimum atomic E-state index is -0.407. The third-order valence-corrected chi connectivity index (χ3v) is 3.33. The van der Waals surface area contributed by atoms with Gasteiger partial charge in [0.2, 0.25) is 0 Å². The lowest BCUT2D eigenvalue weighted by Gasteiger charge is -2.18. The Hall–Kier alpha value is -2.56. The van der Waals surface area contributed by atoms with Crippen molar-refractivity contribution in [3.63, 3.8) is 0 Å². The highest BCUT2D eigenvalue weighted by molar-refractivity contribution is 5.88. The molecule has 0 fully saturated rings. The molecule has 2 aromatic heterocycles. The number of aromatic nitrogens is 2. The van der Waals surface area contributed by atoms with Crippen molar-refractivity contribution >= 4 is 16.9 Å². The van der Waals surface area contributed by atoms with E-state index in [-0.39, 0.29) is 12.1 Å². The second-order valence-corrected chi connectivity index (χ2v) is 6.17. The standard InChI is InChI=1S/C17H18N2O3/c1-17(2,3)19-10-13(9-18-19)16(20)21-11-14-8-12-6-4-5-7-15(12)22-14/h4-10H,11H2,1-3H3. The molecule has 0 amide bonds. The topological polar surface area (TPSA) is 57.3 Å². The molecule has 0 aliphatic carbocycles. The van der Waals surface area contributed by atoms with Gasteiger partial charge in [-0.05, 0) is 32.9 Å². The molecule has 0 unspecified atom stereocenters. The van der Waals surface area contributed by atoms with Crippen LogP contribution < -0.4 is 0 Å². The van der Waals surface area contributed by atoms with Gasteiger partial charge < -0.3 is 9.15 Å². The summed E-state index contributed by atoms with van der Waals surface area (Å²) in [4.78, 5) is 12.1. The summed E-state index contributed by atoms with van der Waals surface area (Å²) in [5.41, 5.74) is 1.05. The van der Waals surface area contributed by atoms with Gasteiger partial charge in [0, 0.05) is 11.6 Å². The fraction of sp³-hybridized carbons (Fsp3) is 0.294. The zero-order chi connectivity index (χ0) is 15.7. The van der Waals surface area contributed by atoms with Crippen LogP contribution in [0.5, 0.6) is 0 Å². The van der Waals surface area contributed by atoms with Crippen LogP contribution in [0.3, 0.4) is 0 Å². The van der Waals surface area contributed by atoms with E-state index in [9.17, 15) is 4.79 Å². The van der Waals surface area contributed by atoms with Crippen molar-refractivity contribution in [2.75, 3.05) is 0 Å². The lowest BCUT2D eigenvalue weighted by molar-refractivity contribution is 0.0447. The van der Waals surface area contributed by atoms with Crippen molar-refractivity contribution in [3.05, 3.63) is 54.0 Å². The molecule has 0 saturated carbocycles. The third kappa shape index (κ3) is 2.88. The number of esters is 1. The number of carbonyl (C=O) groups is 1. The molecule has 0 radical (unpaired) electrons. The van der Waals surface area contributed by atoms with E-state index in [0.717, 1.165) is 11.0 Å². The van der Waals surface area contributed by atoms with E-state index in [0.29, 0.717) is 11.3 Å². The summed E-state index contributed by atoms with van der Waals surface area (Å²) < 4.78 is 12.6. The number of rotatable bonds is 3. The quantitative estimate of drug-likeness (QED) is 0.691. The number of ether oxygens (including phenoxy) is 1. The molecule has 1 aromatic carbocycles. The largest absolute Gasteiger partial charge is 0.457 e. The van der Waals surface area contributed by atoms with Crippen LogP contribution in [0, 0.1) is 0 Å². The van der Waals surface area contributed by atoms with Gasteiger partial charge in [-0.25, -0.2) is 4.79 Å². The van der Waals surface area contributed by atoms with Gasteiger partial charge in [0.15, 0.2) is 0 Å². The molecule has 5 nitrogen and oxygen atoms in total. The Morgan fingerprint density at radius 1 is 1.32 bits per heavy atom. The fourth-order valence-electron chi connectivity index (χ4n) is 2.12. The summed E-state index contributed by atoms with van der Waals surface area (Å²) >= 11 is 0. The van der Waals surface area contributed by atoms with E-state index in [1.54, 1.807) is 10.9 Å². The second-order valence-electron chi connectivity index (χ2n) is 6.17. The van der Waals surface area contributed by atoms with Crippen molar-refractivity contribution in [2.24, 2.45) is 0 Å². The average Bonchev–Trinajstić information content (AvgIpc) is 3.10. The van der Waals surface area contributed by atoms with Crippen LogP contribution in [0.2, 0.25) is 0 Å². The summed E-state index contributed by atoms with van der Waals surface area (Å²) in [5, 5.41) is 5.19. The molecule has 5 heteroatoms. The second kappa shape index (κ2) is 5.33. The van der Waals surface area contributed by atoms with Gasteiger partial charge in [-0.15, -0.1) is 0 Å². The molecular weight excluding hydrogens is 280 g/mol. The van der Waals surface area contributed by atoms with Gasteiger partial charge >= 0.3 is 5.97 Å². The van der Waals surface area contributed by atoms with E-state index >= 15 is 0 Å². The number of nitrogens with zero attached hydrogens (tertiary/aromatic N) is 2. The minimum Gasteiger partial charge on any atom is -0.457 e. The Bertz CT molecular complexity index is 776. The van der Waals surface area contributed by atoms with Gasteiger partial charge in [-0.3, -0.25) is 4.68 Å². The average molecular weight is 298 g/mol. The first-order valence-electron chi connectivity index (χ1n) is 7.13. The Morgan fingerprint density at radius 3 is 2.77 bits per heavy atom. The summed E-state index contributed by atoms with van der Waals surface area (Å²) in [7, 11) is 0. The molecule has 22 heavy (non-hydrogen) atoms. The predicted octanol–water partition coefficient (Wildman–Crippen LogP) is 3.74. The van der Waals surface area contributed by atoms with Crippen LogP contribution in [0.25, 0.3) is 11.0 Å². The number of fused-ring (bicyclic) bond motifs is 1. The van der Waals surface area contributed by atoms with E-state index in [1.165, 1.54) is 6.20 Å². The number of hydrogen-bond donors (Lipinski definition) is 0. The summed E-state index contributed by atoms with van der Waals surface area (Å²) in [6.07, 6.45) is 3.22. The molecule has 0 aliphatic heterocycles. The Balaban J connectivity index is 1.68. The maximum absolute atomic E-state index is 12.1. The van der Waals surface area contributed by atoms with Crippen LogP contribution in [0.4, 0.5) is 0 Å². The molecular formula is C17H18N2O3. The van der Waals surface area contributed by atoms with Gasteiger partial charge in [-0.1, -0.05) is 18.2 Å². The Morgan fingerprint density at radius 2 is 2.09 bits per heavy atom. The molecule has 0 aliphatic rings. The number of benzene rings is 1. The zero-order valence-corrected chi connectivity index (χ0v) is 12.9. The lowest BCUT2D eigenvalue weighted by atomic mass is 10.1. The summed E-state index contributed by atoms with van der Waals surface area (Å²) in [6.45, 7) is 6.16. The van der Waals surface area contributed by atoms with E-state index < -0.39 is 5.97 Å². The Labute approximate surface area is 128 Å². The van der Waals surface area contributed by atoms with E-state index in [2.05, 4.69) is 5.10 Å². The maximum atomic E-state index is 12.1. The normalized spacial score (nSPS) is 11.8. The molecule has 0 bridgehead atoms. The zero-order valence-electron chi connectivity index (χ0n) is 12.9. The molecule has 0 atom stereocenters. The summed E-state index contributed by atoms with van der Waals surface area (Å²) in [6, 6.07) is 9.56. The number of para-hydroxylation sites is 1. The van der Waals surface area contributed by atoms with Crippen molar-refractivity contribution in [2.45, 2.75) is 32.9 Å². The highest BCUT2D eigenvalue weighted by atomic mass is 16.5. The van der Waals surface area contributed by atoms with Crippen molar-refractivity contribution in [1.82, 2.24) is 9.78 Å². The van der Waals surface area contributed by atoms with Gasteiger partial charge in [-0.2, -0.15) is 5.10 Å². The number of furan rings is 1. The predicted molar refractivity (Wildman–Crippen MR) is 82.6 cm³/mol. The molecule has 3 rings (SSSR count). The highest BCUT2D eigenvalue weighted by Crippen LogP contribution is 2.20. The molecule has 0 saturated heterocycles. The molecule has 114 valence electrons. The first-order chi connectivity index (χ1) is 10.4. The molecule has 2 heterocycles. The first-order valence-corrected chi connectivity index (χ1v) is 7.13. The molecule has 0 spiro atoms. The summed E-state index contributed by atoms with van der Waals surface area (Å²) in [5.74, 6) is 0.216. The monoisotopic (exact) mass is 298 g/mol. The maximum Gasteiger partial charge on any atom is 0.341 e. The molecule has 3 aromatic rings. The Kier molecular flexibility index (Phi) is 3.48. The smallest absolute Gasteiger partial charge is 0.341 e. The van der Waals surface area contributed by atoms with E-state index in [4.69, 9.17) is 9.15 Å². The number of carbonyl (C=O) groups excluding carboxylic acids is 1. The fourth-order valence-corrected chi connectivity index (χ4v) is 2.12. The molecule has 0 N–H and O–H groups in total. The number of hydrogen-bond acceptors (Lipinski definition) is 4. The lowest BCUT2D eigenvalue weighted by Crippen LogP contribution is -2.22. The van der Waals surface area contributed by atoms with Crippen LogP contribution in [-0.4, -0.2) is 15.7 Å². The van der Waals surface area contributed by atoms with Gasteiger partial charge in [0.05, 0.1) is 17.3 Å². The van der Waals surface area contributed by atoms with Crippen LogP contribution in [0.15, 0.2) is 47.1 Å². The third-order valence-electron chi connectivity index (χ3n) is 3.33. The van der Waals surface area contributed by atoms with Crippen molar-refractivity contribution in [3.8, 4) is 0 Å².